The minimum atomic E-state index is -1.05. The molecule has 3 rings (SSSR count). The van der Waals surface area contributed by atoms with Crippen molar-refractivity contribution in [1.29, 1.82) is 5.26 Å². The molecule has 5 N–H and O–H groups in total. The van der Waals surface area contributed by atoms with E-state index in [2.05, 4.69) is 9.97 Å². The Bertz CT molecular complexity index is 1020. The number of anilines is 2. The van der Waals surface area contributed by atoms with Crippen molar-refractivity contribution in [2.75, 3.05) is 11.5 Å². The first-order valence-corrected chi connectivity index (χ1v) is 7.28. The Morgan fingerprint density at radius 2 is 1.56 bits per heavy atom. The second-order valence-corrected chi connectivity index (χ2v) is 5.20. The van der Waals surface area contributed by atoms with Gasteiger partial charge in [0, 0.05) is 5.56 Å². The van der Waals surface area contributed by atoms with Gasteiger partial charge in [0.05, 0.1) is 11.3 Å². The fourth-order valence-electron chi connectivity index (χ4n) is 2.63. The zero-order chi connectivity index (χ0) is 18.0. The van der Waals surface area contributed by atoms with E-state index in [0.29, 0.717) is 16.7 Å². The smallest absolute Gasteiger partial charge is 0.336 e. The molecule has 1 heterocycles. The van der Waals surface area contributed by atoms with E-state index < -0.39 is 5.97 Å². The summed E-state index contributed by atoms with van der Waals surface area (Å²) in [5, 5.41) is 18.9. The van der Waals surface area contributed by atoms with Crippen LogP contribution in [0.15, 0.2) is 48.5 Å². The molecule has 0 radical (unpaired) electrons. The molecule has 2 aromatic carbocycles. The lowest BCUT2D eigenvalue weighted by atomic mass is 9.92. The van der Waals surface area contributed by atoms with Gasteiger partial charge in [0.15, 0.2) is 0 Å². The van der Waals surface area contributed by atoms with Gasteiger partial charge in [-0.3, -0.25) is 0 Å². The Morgan fingerprint density at radius 3 is 2.20 bits per heavy atom. The molecule has 3 aromatic rings. The van der Waals surface area contributed by atoms with Gasteiger partial charge >= 0.3 is 5.97 Å². The third kappa shape index (κ3) is 2.84. The van der Waals surface area contributed by atoms with Crippen molar-refractivity contribution in [2.45, 2.75) is 0 Å². The number of nitriles is 1. The van der Waals surface area contributed by atoms with Gasteiger partial charge in [-0.05, 0) is 17.2 Å². The summed E-state index contributed by atoms with van der Waals surface area (Å²) >= 11 is 0. The predicted molar refractivity (Wildman–Crippen MR) is 93.4 cm³/mol. The molecule has 1 aromatic heterocycles. The Balaban J connectivity index is 2.34. The number of aromatic nitrogens is 2. The number of rotatable bonds is 3. The van der Waals surface area contributed by atoms with Gasteiger partial charge in [0.1, 0.15) is 17.5 Å². The molecule has 25 heavy (non-hydrogen) atoms. The molecule has 7 nitrogen and oxygen atoms in total. The molecule has 7 heteroatoms. The maximum Gasteiger partial charge on any atom is 0.336 e. The van der Waals surface area contributed by atoms with E-state index >= 15 is 0 Å². The van der Waals surface area contributed by atoms with Gasteiger partial charge in [-0.2, -0.15) is 10.2 Å². The zero-order valence-electron chi connectivity index (χ0n) is 13.0. The minimum absolute atomic E-state index is 0.0219. The van der Waals surface area contributed by atoms with E-state index in [-0.39, 0.29) is 28.6 Å². The van der Waals surface area contributed by atoms with Crippen LogP contribution in [0, 0.1) is 11.3 Å². The summed E-state index contributed by atoms with van der Waals surface area (Å²) in [6, 6.07) is 15.6. The van der Waals surface area contributed by atoms with E-state index in [0.717, 1.165) is 0 Å². The molecule has 122 valence electrons. The maximum absolute atomic E-state index is 11.6. The highest BCUT2D eigenvalue weighted by atomic mass is 16.4. The van der Waals surface area contributed by atoms with Crippen molar-refractivity contribution in [3.63, 3.8) is 0 Å². The summed E-state index contributed by atoms with van der Waals surface area (Å²) in [6.45, 7) is 0. The van der Waals surface area contributed by atoms with Crippen molar-refractivity contribution < 1.29 is 9.90 Å². The molecular formula is C18H13N5O2. The standard InChI is InChI=1S/C18H13N5O2/c19-9-14-15(22-18(21)23-16(14)20)12-7-3-1-5-10(12)11-6-2-4-8-13(11)17(24)25/h1-8H,(H,24,25)(H4,20,21,22,23). The summed E-state index contributed by atoms with van der Waals surface area (Å²) in [6.07, 6.45) is 0. The van der Waals surface area contributed by atoms with Crippen molar-refractivity contribution >= 4 is 17.7 Å². The summed E-state index contributed by atoms with van der Waals surface area (Å²) in [4.78, 5) is 19.5. The first-order valence-electron chi connectivity index (χ1n) is 7.28. The Kier molecular flexibility index (Phi) is 4.02. The number of aromatic carboxylic acids is 1. The van der Waals surface area contributed by atoms with Crippen LogP contribution in [0.2, 0.25) is 0 Å². The average Bonchev–Trinajstić information content (AvgIpc) is 2.61. The highest BCUT2D eigenvalue weighted by Gasteiger charge is 2.19. The van der Waals surface area contributed by atoms with Crippen LogP contribution in [0.25, 0.3) is 22.4 Å². The molecule has 0 spiro atoms. The summed E-state index contributed by atoms with van der Waals surface area (Å²) < 4.78 is 0. The molecule has 0 saturated carbocycles. The van der Waals surface area contributed by atoms with E-state index in [9.17, 15) is 15.2 Å². The number of nitrogen functional groups attached to an aromatic ring is 2. The summed E-state index contributed by atoms with van der Waals surface area (Å²) in [5.74, 6) is -1.13. The predicted octanol–water partition coefficient (Wildman–Crippen LogP) is 2.54. The third-order valence-electron chi connectivity index (χ3n) is 3.70. The van der Waals surface area contributed by atoms with Gasteiger partial charge in [-0.15, -0.1) is 0 Å². The van der Waals surface area contributed by atoms with Gasteiger partial charge in [-0.1, -0.05) is 42.5 Å². The van der Waals surface area contributed by atoms with Crippen molar-refractivity contribution in [1.82, 2.24) is 9.97 Å². The van der Waals surface area contributed by atoms with Gasteiger partial charge in [0.25, 0.3) is 0 Å². The van der Waals surface area contributed by atoms with Crippen LogP contribution in [0.4, 0.5) is 11.8 Å². The van der Waals surface area contributed by atoms with Gasteiger partial charge < -0.3 is 16.6 Å². The largest absolute Gasteiger partial charge is 0.478 e. The number of nitrogens with zero attached hydrogens (tertiary/aromatic N) is 3. The second-order valence-electron chi connectivity index (χ2n) is 5.20. The molecule has 0 amide bonds. The normalized spacial score (nSPS) is 10.2. The number of hydrogen-bond acceptors (Lipinski definition) is 6. The van der Waals surface area contributed by atoms with Crippen molar-refractivity contribution in [3.05, 3.63) is 59.7 Å². The van der Waals surface area contributed by atoms with Gasteiger partial charge in [0.2, 0.25) is 5.95 Å². The molecule has 0 atom stereocenters. The Morgan fingerprint density at radius 1 is 0.960 bits per heavy atom. The highest BCUT2D eigenvalue weighted by Crippen LogP contribution is 2.35. The van der Waals surface area contributed by atoms with E-state index in [1.807, 2.05) is 6.07 Å². The van der Waals surface area contributed by atoms with E-state index in [1.165, 1.54) is 6.07 Å². The maximum atomic E-state index is 11.6. The van der Waals surface area contributed by atoms with Crippen LogP contribution in [-0.4, -0.2) is 21.0 Å². The number of carbonyl (C=O) groups is 1. The van der Waals surface area contributed by atoms with Crippen molar-refractivity contribution in [3.8, 4) is 28.5 Å². The van der Waals surface area contributed by atoms with Gasteiger partial charge in [-0.25, -0.2) is 9.78 Å². The quantitative estimate of drug-likeness (QED) is 0.670. The average molecular weight is 331 g/mol. The summed E-state index contributed by atoms with van der Waals surface area (Å²) in [5.41, 5.74) is 13.6. The Labute approximate surface area is 143 Å². The van der Waals surface area contributed by atoms with Crippen LogP contribution < -0.4 is 11.5 Å². The monoisotopic (exact) mass is 331 g/mol. The number of carboxylic acids is 1. The van der Waals surface area contributed by atoms with Crippen LogP contribution >= 0.6 is 0 Å². The highest BCUT2D eigenvalue weighted by molar-refractivity contribution is 5.99. The molecular weight excluding hydrogens is 318 g/mol. The first kappa shape index (κ1) is 16.0. The number of carboxylic acid groups (broad SMARTS) is 1. The number of benzene rings is 2. The fourth-order valence-corrected chi connectivity index (χ4v) is 2.63. The summed E-state index contributed by atoms with van der Waals surface area (Å²) in [7, 11) is 0. The lowest BCUT2D eigenvalue weighted by Gasteiger charge is -2.13. The van der Waals surface area contributed by atoms with E-state index in [4.69, 9.17) is 11.5 Å². The first-order chi connectivity index (χ1) is 12.0. The molecule has 0 aliphatic heterocycles. The minimum Gasteiger partial charge on any atom is -0.478 e. The topological polar surface area (TPSA) is 139 Å². The van der Waals surface area contributed by atoms with Crippen LogP contribution in [0.5, 0.6) is 0 Å². The second kappa shape index (κ2) is 6.29. The SMILES string of the molecule is N#Cc1c(N)nc(N)nc1-c1ccccc1-c1ccccc1C(=O)O. The molecule has 0 fully saturated rings. The fraction of sp³-hybridized carbons (Fsp3) is 0. The lowest BCUT2D eigenvalue weighted by Crippen LogP contribution is -2.06. The number of hydrogen-bond donors (Lipinski definition) is 3. The number of nitrogens with two attached hydrogens (primary N) is 2. The van der Waals surface area contributed by atoms with Crippen LogP contribution in [0.3, 0.4) is 0 Å². The van der Waals surface area contributed by atoms with Crippen molar-refractivity contribution in [2.24, 2.45) is 0 Å². The molecule has 0 aliphatic carbocycles. The van der Waals surface area contributed by atoms with E-state index in [1.54, 1.807) is 42.5 Å². The molecule has 0 unspecified atom stereocenters. The lowest BCUT2D eigenvalue weighted by molar-refractivity contribution is 0.0697. The van der Waals surface area contributed by atoms with Crippen LogP contribution in [-0.2, 0) is 0 Å². The Hall–Kier alpha value is -3.92. The molecule has 0 aliphatic rings. The zero-order valence-corrected chi connectivity index (χ0v) is 13.0. The molecule has 0 bridgehead atoms. The molecule has 0 saturated heterocycles. The van der Waals surface area contributed by atoms with Crippen LogP contribution in [0.1, 0.15) is 15.9 Å². The third-order valence-corrected chi connectivity index (χ3v) is 3.70.